The van der Waals surface area contributed by atoms with Gasteiger partial charge in [-0.3, -0.25) is 4.79 Å². The molecule has 0 aliphatic carbocycles. The number of hydrogen-bond donors (Lipinski definition) is 1. The molecule has 0 fully saturated rings. The van der Waals surface area contributed by atoms with Crippen molar-refractivity contribution in [1.29, 1.82) is 0 Å². The molecule has 156 valence electrons. The standard InChI is InChI=1S/C26H16ClFN2O2/c27-19-9-3-1-8-17(19)24-13-14-25(32-24)23-15-18(16-7-2-5-11-21(16)29-23)26(31)30-22-12-6-4-10-20(22)28/h1-15H,(H,30,31). The molecular weight excluding hydrogens is 427 g/mol. The third kappa shape index (κ3) is 3.74. The molecule has 0 radical (unpaired) electrons. The average Bonchev–Trinajstić information content (AvgIpc) is 3.30. The summed E-state index contributed by atoms with van der Waals surface area (Å²) in [5, 5.41) is 3.88. The monoisotopic (exact) mass is 442 g/mol. The zero-order valence-corrected chi connectivity index (χ0v) is 17.4. The highest BCUT2D eigenvalue weighted by atomic mass is 35.5. The Morgan fingerprint density at radius 1 is 0.875 bits per heavy atom. The van der Waals surface area contributed by atoms with Gasteiger partial charge in [-0.05, 0) is 48.5 Å². The lowest BCUT2D eigenvalue weighted by Gasteiger charge is -2.10. The number of fused-ring (bicyclic) bond motifs is 1. The summed E-state index contributed by atoms with van der Waals surface area (Å²) in [5.41, 5.74) is 2.35. The fraction of sp³-hybridized carbons (Fsp3) is 0. The van der Waals surface area contributed by atoms with Crippen LogP contribution >= 0.6 is 11.6 Å². The lowest BCUT2D eigenvalue weighted by molar-refractivity contribution is 0.102. The summed E-state index contributed by atoms with van der Waals surface area (Å²) in [6.07, 6.45) is 0. The Hall–Kier alpha value is -3.96. The van der Waals surface area contributed by atoms with Crippen LogP contribution in [0, 0.1) is 5.82 Å². The first-order valence-electron chi connectivity index (χ1n) is 9.91. The van der Waals surface area contributed by atoms with Crippen molar-refractivity contribution in [3.05, 3.63) is 107 Å². The van der Waals surface area contributed by atoms with Gasteiger partial charge in [0, 0.05) is 10.9 Å². The van der Waals surface area contributed by atoms with Crippen molar-refractivity contribution in [3.63, 3.8) is 0 Å². The van der Waals surface area contributed by atoms with E-state index in [0.29, 0.717) is 38.7 Å². The van der Waals surface area contributed by atoms with Crippen LogP contribution in [0.15, 0.2) is 95.4 Å². The lowest BCUT2D eigenvalue weighted by Crippen LogP contribution is -2.14. The average molecular weight is 443 g/mol. The summed E-state index contributed by atoms with van der Waals surface area (Å²) < 4.78 is 20.1. The summed E-state index contributed by atoms with van der Waals surface area (Å²) in [4.78, 5) is 17.7. The number of para-hydroxylation sites is 2. The largest absolute Gasteiger partial charge is 0.454 e. The molecule has 0 bridgehead atoms. The van der Waals surface area contributed by atoms with Crippen molar-refractivity contribution in [2.75, 3.05) is 5.32 Å². The first-order valence-corrected chi connectivity index (χ1v) is 10.3. The van der Waals surface area contributed by atoms with E-state index in [9.17, 15) is 9.18 Å². The third-order valence-corrected chi connectivity index (χ3v) is 5.41. The van der Waals surface area contributed by atoms with Gasteiger partial charge in [-0.25, -0.2) is 9.37 Å². The van der Waals surface area contributed by atoms with Crippen LogP contribution in [-0.2, 0) is 0 Å². The molecule has 32 heavy (non-hydrogen) atoms. The van der Waals surface area contributed by atoms with Gasteiger partial charge in [-0.2, -0.15) is 0 Å². The van der Waals surface area contributed by atoms with E-state index in [2.05, 4.69) is 10.3 Å². The minimum absolute atomic E-state index is 0.110. The number of nitrogens with one attached hydrogen (secondary N) is 1. The molecule has 1 amide bonds. The van der Waals surface area contributed by atoms with E-state index in [-0.39, 0.29) is 5.69 Å². The molecule has 0 saturated carbocycles. The van der Waals surface area contributed by atoms with Gasteiger partial charge in [0.05, 0.1) is 21.8 Å². The van der Waals surface area contributed by atoms with Crippen LogP contribution in [0.1, 0.15) is 10.4 Å². The summed E-state index contributed by atoms with van der Waals surface area (Å²) in [6.45, 7) is 0. The minimum Gasteiger partial charge on any atom is -0.454 e. The van der Waals surface area contributed by atoms with Gasteiger partial charge >= 0.3 is 0 Å². The van der Waals surface area contributed by atoms with Gasteiger partial charge in [0.15, 0.2) is 5.76 Å². The van der Waals surface area contributed by atoms with Crippen molar-refractivity contribution in [3.8, 4) is 22.8 Å². The number of nitrogens with zero attached hydrogens (tertiary/aromatic N) is 1. The smallest absolute Gasteiger partial charge is 0.256 e. The van der Waals surface area contributed by atoms with E-state index in [1.54, 1.807) is 36.4 Å². The van der Waals surface area contributed by atoms with Gasteiger partial charge in [-0.1, -0.05) is 54.1 Å². The Morgan fingerprint density at radius 2 is 1.59 bits per heavy atom. The first-order chi connectivity index (χ1) is 15.6. The third-order valence-electron chi connectivity index (χ3n) is 5.08. The number of halogens is 2. The first kappa shape index (κ1) is 20.0. The number of amides is 1. The van der Waals surface area contributed by atoms with E-state index in [1.165, 1.54) is 12.1 Å². The van der Waals surface area contributed by atoms with E-state index < -0.39 is 11.7 Å². The number of carbonyl (C=O) groups excluding carboxylic acids is 1. The molecule has 0 atom stereocenters. The van der Waals surface area contributed by atoms with Gasteiger partial charge in [0.25, 0.3) is 5.91 Å². The molecule has 0 saturated heterocycles. The summed E-state index contributed by atoms with van der Waals surface area (Å²) >= 11 is 6.29. The van der Waals surface area contributed by atoms with Crippen LogP contribution in [0.4, 0.5) is 10.1 Å². The molecule has 6 heteroatoms. The number of anilines is 1. The quantitative estimate of drug-likeness (QED) is 0.320. The number of rotatable bonds is 4. The SMILES string of the molecule is O=C(Nc1ccccc1F)c1cc(-c2ccc(-c3ccccc3Cl)o2)nc2ccccc12. The molecule has 1 N–H and O–H groups in total. The van der Waals surface area contributed by atoms with Crippen LogP contribution in [0.5, 0.6) is 0 Å². The molecule has 0 aliphatic heterocycles. The maximum Gasteiger partial charge on any atom is 0.256 e. The molecule has 0 unspecified atom stereocenters. The van der Waals surface area contributed by atoms with E-state index in [1.807, 2.05) is 42.5 Å². The number of furan rings is 1. The summed E-state index contributed by atoms with van der Waals surface area (Å²) in [5.74, 6) is 0.145. The zero-order chi connectivity index (χ0) is 22.1. The highest BCUT2D eigenvalue weighted by molar-refractivity contribution is 6.33. The molecule has 2 aromatic heterocycles. The van der Waals surface area contributed by atoms with Gasteiger partial charge in [0.2, 0.25) is 0 Å². The Morgan fingerprint density at radius 3 is 2.44 bits per heavy atom. The molecule has 0 spiro atoms. The van der Waals surface area contributed by atoms with Gasteiger partial charge in [-0.15, -0.1) is 0 Å². The van der Waals surface area contributed by atoms with Gasteiger partial charge in [0.1, 0.15) is 17.3 Å². The second-order valence-corrected chi connectivity index (χ2v) is 7.56. The normalized spacial score (nSPS) is 10.9. The number of pyridine rings is 1. The van der Waals surface area contributed by atoms with Crippen LogP contribution < -0.4 is 5.32 Å². The summed E-state index contributed by atoms with van der Waals surface area (Å²) in [7, 11) is 0. The predicted molar refractivity (Wildman–Crippen MR) is 124 cm³/mol. The molecule has 3 aromatic carbocycles. The Kier molecular flexibility index (Phi) is 5.17. The van der Waals surface area contributed by atoms with Crippen molar-refractivity contribution in [2.24, 2.45) is 0 Å². The van der Waals surface area contributed by atoms with Crippen LogP contribution in [0.25, 0.3) is 33.7 Å². The summed E-state index contributed by atoms with van der Waals surface area (Å²) in [6, 6.07) is 26.0. The number of aromatic nitrogens is 1. The second-order valence-electron chi connectivity index (χ2n) is 7.15. The Bertz CT molecular complexity index is 1460. The number of carbonyl (C=O) groups is 1. The molecule has 5 aromatic rings. The highest BCUT2D eigenvalue weighted by Gasteiger charge is 2.17. The molecular formula is C26H16ClFN2O2. The predicted octanol–water partition coefficient (Wildman–Crippen LogP) is 7.21. The van der Waals surface area contributed by atoms with Crippen molar-refractivity contribution < 1.29 is 13.6 Å². The molecule has 2 heterocycles. The molecule has 4 nitrogen and oxygen atoms in total. The highest BCUT2D eigenvalue weighted by Crippen LogP contribution is 2.33. The second kappa shape index (κ2) is 8.29. The van der Waals surface area contributed by atoms with Crippen molar-refractivity contribution in [2.45, 2.75) is 0 Å². The molecule has 5 rings (SSSR count). The zero-order valence-electron chi connectivity index (χ0n) is 16.7. The van der Waals surface area contributed by atoms with Crippen molar-refractivity contribution >= 4 is 34.1 Å². The fourth-order valence-corrected chi connectivity index (χ4v) is 3.75. The molecule has 0 aliphatic rings. The van der Waals surface area contributed by atoms with Crippen LogP contribution in [0.3, 0.4) is 0 Å². The van der Waals surface area contributed by atoms with E-state index in [0.717, 1.165) is 5.56 Å². The number of benzene rings is 3. The topological polar surface area (TPSA) is 55.1 Å². The van der Waals surface area contributed by atoms with Gasteiger partial charge < -0.3 is 9.73 Å². The van der Waals surface area contributed by atoms with E-state index in [4.69, 9.17) is 16.0 Å². The van der Waals surface area contributed by atoms with Crippen LogP contribution in [0.2, 0.25) is 5.02 Å². The lowest BCUT2D eigenvalue weighted by atomic mass is 10.1. The van der Waals surface area contributed by atoms with Crippen LogP contribution in [-0.4, -0.2) is 10.9 Å². The maximum absolute atomic E-state index is 14.1. The Balaban J connectivity index is 1.58. The maximum atomic E-state index is 14.1. The minimum atomic E-state index is -0.505. The fourth-order valence-electron chi connectivity index (χ4n) is 3.52. The number of hydrogen-bond acceptors (Lipinski definition) is 3. The van der Waals surface area contributed by atoms with E-state index >= 15 is 0 Å². The van der Waals surface area contributed by atoms with Crippen molar-refractivity contribution in [1.82, 2.24) is 4.98 Å². The Labute approximate surface area is 188 Å².